The van der Waals surface area contributed by atoms with Crippen molar-refractivity contribution < 1.29 is 17.9 Å². The maximum atomic E-state index is 12.6. The van der Waals surface area contributed by atoms with E-state index < -0.39 is 16.1 Å². The molecular weight excluding hydrogens is 316 g/mol. The van der Waals surface area contributed by atoms with Crippen LogP contribution in [-0.2, 0) is 14.8 Å². The predicted octanol–water partition coefficient (Wildman–Crippen LogP) is 2.41. The molecule has 2 aliphatic rings. The lowest BCUT2D eigenvalue weighted by atomic mass is 10.1. The van der Waals surface area contributed by atoms with Crippen molar-refractivity contribution in [1.29, 1.82) is 0 Å². The minimum atomic E-state index is -3.60. The quantitative estimate of drug-likeness (QED) is 0.829. The molecule has 23 heavy (non-hydrogen) atoms. The minimum absolute atomic E-state index is 0.00982. The van der Waals surface area contributed by atoms with Crippen molar-refractivity contribution in [2.75, 3.05) is 5.32 Å². The molecule has 0 spiro atoms. The van der Waals surface area contributed by atoms with Crippen molar-refractivity contribution in [2.45, 2.75) is 62.5 Å². The molecule has 2 N–H and O–H groups in total. The van der Waals surface area contributed by atoms with Crippen LogP contribution in [0.25, 0.3) is 0 Å². The highest BCUT2D eigenvalue weighted by molar-refractivity contribution is 7.89. The van der Waals surface area contributed by atoms with Gasteiger partial charge in [-0.2, -0.15) is 0 Å². The van der Waals surface area contributed by atoms with Crippen LogP contribution in [0, 0.1) is 0 Å². The second kappa shape index (κ2) is 6.49. The summed E-state index contributed by atoms with van der Waals surface area (Å²) in [6.07, 6.45) is 5.62. The van der Waals surface area contributed by atoms with Gasteiger partial charge in [-0.15, -0.1) is 0 Å². The summed E-state index contributed by atoms with van der Waals surface area (Å²) >= 11 is 0. The smallest absolute Gasteiger partial charge is 0.265 e. The molecule has 1 heterocycles. The Labute approximate surface area is 136 Å². The third kappa shape index (κ3) is 3.67. The van der Waals surface area contributed by atoms with E-state index >= 15 is 0 Å². The molecule has 1 amide bonds. The van der Waals surface area contributed by atoms with Gasteiger partial charge in [0.1, 0.15) is 5.75 Å². The fourth-order valence-corrected chi connectivity index (χ4v) is 4.37. The first-order valence-electron chi connectivity index (χ1n) is 8.09. The van der Waals surface area contributed by atoms with Crippen molar-refractivity contribution in [1.82, 2.24) is 4.72 Å². The molecule has 1 aliphatic heterocycles. The number of fused-ring (bicyclic) bond motifs is 1. The molecule has 6 nitrogen and oxygen atoms in total. The summed E-state index contributed by atoms with van der Waals surface area (Å²) < 4.78 is 33.4. The summed E-state index contributed by atoms with van der Waals surface area (Å²) in [6, 6.07) is 4.55. The van der Waals surface area contributed by atoms with Crippen molar-refractivity contribution in [2.24, 2.45) is 0 Å². The third-order valence-electron chi connectivity index (χ3n) is 4.37. The van der Waals surface area contributed by atoms with E-state index in [1.54, 1.807) is 13.0 Å². The van der Waals surface area contributed by atoms with Crippen molar-refractivity contribution in [3.05, 3.63) is 18.2 Å². The van der Waals surface area contributed by atoms with Gasteiger partial charge in [-0.25, -0.2) is 13.1 Å². The molecule has 0 bridgehead atoms. The summed E-state index contributed by atoms with van der Waals surface area (Å²) in [5.74, 6) is 0.217. The first-order valence-corrected chi connectivity index (χ1v) is 9.58. The Morgan fingerprint density at radius 2 is 1.87 bits per heavy atom. The van der Waals surface area contributed by atoms with Crippen LogP contribution in [0.4, 0.5) is 5.69 Å². The van der Waals surface area contributed by atoms with E-state index in [1.807, 2.05) is 0 Å². The number of hydrogen-bond donors (Lipinski definition) is 2. The van der Waals surface area contributed by atoms with Crippen molar-refractivity contribution in [3.8, 4) is 5.75 Å². The molecule has 1 unspecified atom stereocenters. The number of hydrogen-bond acceptors (Lipinski definition) is 4. The number of carbonyl (C=O) groups is 1. The standard InChI is InChI=1S/C16H22N2O4S/c1-11-16(19)17-14-10-13(8-9-15(14)22-11)23(20,21)18-12-6-4-2-3-5-7-12/h8-12,18H,2-7H2,1H3,(H,17,19). The second-order valence-corrected chi connectivity index (χ2v) is 7.93. The fraction of sp³-hybridized carbons (Fsp3) is 0.562. The molecule has 1 aliphatic carbocycles. The summed E-state index contributed by atoms with van der Waals surface area (Å²) in [6.45, 7) is 1.65. The average Bonchev–Trinajstić information content (AvgIpc) is 2.76. The highest BCUT2D eigenvalue weighted by Crippen LogP contribution is 2.32. The lowest BCUT2D eigenvalue weighted by molar-refractivity contribution is -0.122. The topological polar surface area (TPSA) is 84.5 Å². The molecular formula is C16H22N2O4S. The van der Waals surface area contributed by atoms with E-state index in [0.717, 1.165) is 25.7 Å². The number of carbonyl (C=O) groups excluding carboxylic acids is 1. The highest BCUT2D eigenvalue weighted by atomic mass is 32.2. The number of nitrogens with one attached hydrogen (secondary N) is 2. The van der Waals surface area contributed by atoms with E-state index in [4.69, 9.17) is 4.74 Å². The average molecular weight is 338 g/mol. The first kappa shape index (κ1) is 16.3. The zero-order valence-corrected chi connectivity index (χ0v) is 14.0. The van der Waals surface area contributed by atoms with E-state index in [1.165, 1.54) is 25.0 Å². The van der Waals surface area contributed by atoms with E-state index in [-0.39, 0.29) is 16.8 Å². The monoisotopic (exact) mass is 338 g/mol. The van der Waals surface area contributed by atoms with Crippen molar-refractivity contribution >= 4 is 21.6 Å². The Balaban J connectivity index is 1.80. The molecule has 0 aromatic heterocycles. The second-order valence-electron chi connectivity index (χ2n) is 6.22. The van der Waals surface area contributed by atoms with Crippen LogP contribution in [0.15, 0.2) is 23.1 Å². The van der Waals surface area contributed by atoms with Gasteiger partial charge in [0, 0.05) is 6.04 Å². The van der Waals surface area contributed by atoms with Crippen LogP contribution in [0.3, 0.4) is 0 Å². The Kier molecular flexibility index (Phi) is 4.59. The van der Waals surface area contributed by atoms with Crippen LogP contribution in [0.5, 0.6) is 5.75 Å². The summed E-state index contributed by atoms with van der Waals surface area (Å²) in [4.78, 5) is 11.8. The van der Waals surface area contributed by atoms with Crippen LogP contribution in [-0.4, -0.2) is 26.5 Å². The van der Waals surface area contributed by atoms with Gasteiger partial charge in [0.25, 0.3) is 5.91 Å². The highest BCUT2D eigenvalue weighted by Gasteiger charge is 2.26. The number of sulfonamides is 1. The summed E-state index contributed by atoms with van der Waals surface area (Å²) in [7, 11) is -3.60. The molecule has 3 rings (SSSR count). The van der Waals surface area contributed by atoms with Gasteiger partial charge in [-0.1, -0.05) is 25.7 Å². The molecule has 1 fully saturated rings. The van der Waals surface area contributed by atoms with Gasteiger partial charge in [0.2, 0.25) is 10.0 Å². The van der Waals surface area contributed by atoms with Crippen LogP contribution < -0.4 is 14.8 Å². The molecule has 1 atom stereocenters. The van der Waals surface area contributed by atoms with Crippen LogP contribution in [0.1, 0.15) is 45.4 Å². The lowest BCUT2D eigenvalue weighted by Crippen LogP contribution is -2.36. The summed E-state index contributed by atoms with van der Waals surface area (Å²) in [5.41, 5.74) is 0.400. The minimum Gasteiger partial charge on any atom is -0.479 e. The van der Waals surface area contributed by atoms with E-state index in [2.05, 4.69) is 10.0 Å². The van der Waals surface area contributed by atoms with Gasteiger partial charge in [-0.05, 0) is 38.0 Å². The molecule has 1 saturated carbocycles. The SMILES string of the molecule is CC1Oc2ccc(S(=O)(=O)NC3CCCCCC3)cc2NC1=O. The van der Waals surface area contributed by atoms with Crippen LogP contribution in [0.2, 0.25) is 0 Å². The molecule has 1 aromatic carbocycles. The predicted molar refractivity (Wildman–Crippen MR) is 87.0 cm³/mol. The number of anilines is 1. The van der Waals surface area contributed by atoms with E-state index in [9.17, 15) is 13.2 Å². The Bertz CT molecular complexity index is 694. The van der Waals surface area contributed by atoms with Gasteiger partial charge >= 0.3 is 0 Å². The molecule has 7 heteroatoms. The first-order chi connectivity index (χ1) is 11.0. The Morgan fingerprint density at radius 1 is 1.17 bits per heavy atom. The molecule has 126 valence electrons. The number of amides is 1. The number of rotatable bonds is 3. The normalized spacial score (nSPS) is 22.7. The zero-order chi connectivity index (χ0) is 16.4. The zero-order valence-electron chi connectivity index (χ0n) is 13.2. The lowest BCUT2D eigenvalue weighted by Gasteiger charge is -2.24. The molecule has 0 radical (unpaired) electrons. The maximum Gasteiger partial charge on any atom is 0.265 e. The van der Waals surface area contributed by atoms with E-state index in [0.29, 0.717) is 11.4 Å². The largest absolute Gasteiger partial charge is 0.479 e. The molecule has 0 saturated heterocycles. The number of ether oxygens (including phenoxy) is 1. The number of benzene rings is 1. The Hall–Kier alpha value is -1.60. The van der Waals surface area contributed by atoms with Gasteiger partial charge in [-0.3, -0.25) is 4.79 Å². The third-order valence-corrected chi connectivity index (χ3v) is 5.89. The van der Waals surface area contributed by atoms with Gasteiger partial charge in [0.15, 0.2) is 6.10 Å². The fourth-order valence-electron chi connectivity index (χ4n) is 3.04. The van der Waals surface area contributed by atoms with Crippen LogP contribution >= 0.6 is 0 Å². The molecule has 1 aromatic rings. The van der Waals surface area contributed by atoms with Gasteiger partial charge in [0.05, 0.1) is 10.6 Å². The van der Waals surface area contributed by atoms with Gasteiger partial charge < -0.3 is 10.1 Å². The maximum absolute atomic E-state index is 12.6. The van der Waals surface area contributed by atoms with Crippen molar-refractivity contribution in [3.63, 3.8) is 0 Å². The Morgan fingerprint density at radius 3 is 2.57 bits per heavy atom. The summed E-state index contributed by atoms with van der Waals surface area (Å²) in [5, 5.41) is 2.68.